The zero-order valence-electron chi connectivity index (χ0n) is 11.9. The average molecular weight is 330 g/mol. The van der Waals surface area contributed by atoms with Gasteiger partial charge in [0.05, 0.1) is 17.3 Å². The molecule has 0 unspecified atom stereocenters. The third-order valence-electron chi connectivity index (χ3n) is 3.29. The van der Waals surface area contributed by atoms with E-state index in [1.807, 2.05) is 0 Å². The molecule has 0 radical (unpaired) electrons. The molecule has 3 aromatic rings. The molecule has 0 spiro atoms. The molecule has 0 fully saturated rings. The van der Waals surface area contributed by atoms with Crippen molar-refractivity contribution < 1.29 is 4.79 Å². The highest BCUT2D eigenvalue weighted by molar-refractivity contribution is 6.32. The van der Waals surface area contributed by atoms with Gasteiger partial charge in [-0.3, -0.25) is 4.79 Å². The number of primary amides is 1. The average Bonchev–Trinajstić information content (AvgIpc) is 2.89. The summed E-state index contributed by atoms with van der Waals surface area (Å²) in [5.74, 6) is -0.501. The molecule has 0 aliphatic rings. The number of tetrazole rings is 1. The molecule has 23 heavy (non-hydrogen) atoms. The van der Waals surface area contributed by atoms with Crippen molar-refractivity contribution in [3.8, 4) is 5.69 Å². The van der Waals surface area contributed by atoms with Crippen molar-refractivity contribution in [2.45, 2.75) is 6.54 Å². The number of para-hydroxylation sites is 1. The van der Waals surface area contributed by atoms with Gasteiger partial charge < -0.3 is 5.73 Å². The smallest absolute Gasteiger partial charge is 0.366 e. The quantitative estimate of drug-likeness (QED) is 0.778. The molecule has 0 bridgehead atoms. The predicted molar refractivity (Wildman–Crippen MR) is 84.7 cm³/mol. The number of hydrogen-bond donors (Lipinski definition) is 1. The van der Waals surface area contributed by atoms with E-state index in [0.29, 0.717) is 16.3 Å². The van der Waals surface area contributed by atoms with E-state index in [0.717, 1.165) is 10.2 Å². The lowest BCUT2D eigenvalue weighted by atomic mass is 10.1. The van der Waals surface area contributed by atoms with E-state index in [9.17, 15) is 9.59 Å². The van der Waals surface area contributed by atoms with Gasteiger partial charge >= 0.3 is 5.69 Å². The van der Waals surface area contributed by atoms with Gasteiger partial charge in [-0.1, -0.05) is 35.9 Å². The Morgan fingerprint density at radius 1 is 1.09 bits per heavy atom. The first-order valence-corrected chi connectivity index (χ1v) is 7.10. The van der Waals surface area contributed by atoms with E-state index in [-0.39, 0.29) is 6.54 Å². The lowest BCUT2D eigenvalue weighted by molar-refractivity contribution is 0.100. The van der Waals surface area contributed by atoms with Crippen LogP contribution in [0.3, 0.4) is 0 Å². The number of carbonyl (C=O) groups excluding carboxylic acids is 1. The molecular formula is C15H12ClN5O2. The zero-order chi connectivity index (χ0) is 16.4. The molecule has 0 saturated carbocycles. The molecule has 0 aliphatic carbocycles. The number of carbonyl (C=O) groups is 1. The van der Waals surface area contributed by atoms with Crippen molar-refractivity contribution in [3.05, 3.63) is 75.2 Å². The number of rotatable bonds is 4. The summed E-state index contributed by atoms with van der Waals surface area (Å²) >= 11 is 6.07. The van der Waals surface area contributed by atoms with Crippen LogP contribution in [-0.2, 0) is 6.54 Å². The Morgan fingerprint density at radius 3 is 2.43 bits per heavy atom. The van der Waals surface area contributed by atoms with Gasteiger partial charge in [0, 0.05) is 5.56 Å². The molecule has 0 aliphatic heterocycles. The summed E-state index contributed by atoms with van der Waals surface area (Å²) in [6.45, 7) is 0.225. The molecule has 2 N–H and O–H groups in total. The third kappa shape index (κ3) is 3.00. The van der Waals surface area contributed by atoms with Crippen LogP contribution in [0.5, 0.6) is 0 Å². The Kier molecular flexibility index (Phi) is 3.94. The number of hydrogen-bond acceptors (Lipinski definition) is 4. The van der Waals surface area contributed by atoms with Gasteiger partial charge in [-0.15, -0.1) is 0 Å². The molecule has 2 aromatic carbocycles. The number of aromatic nitrogens is 4. The van der Waals surface area contributed by atoms with E-state index in [1.54, 1.807) is 48.5 Å². The first-order chi connectivity index (χ1) is 11.1. The minimum absolute atomic E-state index is 0.225. The Morgan fingerprint density at radius 2 is 1.78 bits per heavy atom. The first-order valence-electron chi connectivity index (χ1n) is 6.73. The predicted octanol–water partition coefficient (Wildman–Crippen LogP) is 1.23. The maximum atomic E-state index is 12.4. The van der Waals surface area contributed by atoms with Crippen molar-refractivity contribution in [1.29, 1.82) is 0 Å². The lowest BCUT2D eigenvalue weighted by Crippen LogP contribution is -2.25. The van der Waals surface area contributed by atoms with E-state index in [2.05, 4.69) is 10.4 Å². The third-order valence-corrected chi connectivity index (χ3v) is 3.61. The fraction of sp³-hybridized carbons (Fsp3) is 0.0667. The minimum Gasteiger partial charge on any atom is -0.366 e. The fourth-order valence-electron chi connectivity index (χ4n) is 2.10. The van der Waals surface area contributed by atoms with Crippen molar-refractivity contribution in [3.63, 3.8) is 0 Å². The molecule has 3 rings (SSSR count). The van der Waals surface area contributed by atoms with Crippen LogP contribution in [0.15, 0.2) is 53.3 Å². The molecule has 116 valence electrons. The summed E-state index contributed by atoms with van der Waals surface area (Å²) in [4.78, 5) is 23.4. The first kappa shape index (κ1) is 15.0. The number of benzene rings is 2. The van der Waals surface area contributed by atoms with Crippen LogP contribution in [-0.4, -0.2) is 25.7 Å². The van der Waals surface area contributed by atoms with Crippen molar-refractivity contribution >= 4 is 17.5 Å². The Hall–Kier alpha value is -2.93. The summed E-state index contributed by atoms with van der Waals surface area (Å²) in [6, 6.07) is 13.5. The molecule has 0 atom stereocenters. The van der Waals surface area contributed by atoms with Crippen LogP contribution in [0.1, 0.15) is 15.9 Å². The summed E-state index contributed by atoms with van der Waals surface area (Å²) in [5.41, 5.74) is 6.45. The van der Waals surface area contributed by atoms with Gasteiger partial charge in [-0.2, -0.15) is 9.36 Å². The number of amides is 1. The van der Waals surface area contributed by atoms with Gasteiger partial charge in [0.1, 0.15) is 0 Å². The monoisotopic (exact) mass is 329 g/mol. The normalized spacial score (nSPS) is 10.7. The molecule has 1 heterocycles. The molecule has 1 amide bonds. The molecule has 8 heteroatoms. The van der Waals surface area contributed by atoms with Gasteiger partial charge in [0.2, 0.25) is 5.91 Å². The Labute approximate surface area is 135 Å². The van der Waals surface area contributed by atoms with Crippen LogP contribution in [0.2, 0.25) is 5.02 Å². The van der Waals surface area contributed by atoms with E-state index >= 15 is 0 Å². The number of nitrogens with zero attached hydrogens (tertiary/aromatic N) is 4. The van der Waals surface area contributed by atoms with Crippen LogP contribution < -0.4 is 11.4 Å². The SMILES string of the molecule is NC(=O)c1ccc(Cn2nnn(-c3ccccc3Cl)c2=O)cc1. The van der Waals surface area contributed by atoms with E-state index in [1.165, 1.54) is 4.68 Å². The molecular weight excluding hydrogens is 318 g/mol. The topological polar surface area (TPSA) is 95.8 Å². The highest BCUT2D eigenvalue weighted by Gasteiger charge is 2.11. The van der Waals surface area contributed by atoms with Crippen molar-refractivity contribution in [2.75, 3.05) is 0 Å². The van der Waals surface area contributed by atoms with Crippen LogP contribution in [0.25, 0.3) is 5.69 Å². The van der Waals surface area contributed by atoms with Gasteiger partial charge in [-0.25, -0.2) is 4.79 Å². The largest absolute Gasteiger partial charge is 0.368 e. The zero-order valence-corrected chi connectivity index (χ0v) is 12.6. The highest BCUT2D eigenvalue weighted by Crippen LogP contribution is 2.16. The lowest BCUT2D eigenvalue weighted by Gasteiger charge is -2.02. The van der Waals surface area contributed by atoms with Crippen molar-refractivity contribution in [2.24, 2.45) is 5.73 Å². The second kappa shape index (κ2) is 6.05. The Bertz CT molecular complexity index is 914. The fourth-order valence-corrected chi connectivity index (χ4v) is 2.31. The Balaban J connectivity index is 1.89. The summed E-state index contributed by atoms with van der Waals surface area (Å²) in [5, 5.41) is 8.11. The molecule has 1 aromatic heterocycles. The van der Waals surface area contributed by atoms with Gasteiger partial charge in [0.25, 0.3) is 0 Å². The molecule has 7 nitrogen and oxygen atoms in total. The summed E-state index contributed by atoms with van der Waals surface area (Å²) < 4.78 is 2.35. The van der Waals surface area contributed by atoms with E-state index < -0.39 is 11.6 Å². The van der Waals surface area contributed by atoms with Crippen molar-refractivity contribution in [1.82, 2.24) is 19.8 Å². The van der Waals surface area contributed by atoms with Gasteiger partial charge in [0.15, 0.2) is 0 Å². The maximum Gasteiger partial charge on any atom is 0.368 e. The van der Waals surface area contributed by atoms with Gasteiger partial charge in [-0.05, 0) is 40.3 Å². The van der Waals surface area contributed by atoms with Crippen LogP contribution >= 0.6 is 11.6 Å². The highest BCUT2D eigenvalue weighted by atomic mass is 35.5. The second-order valence-corrected chi connectivity index (χ2v) is 5.25. The minimum atomic E-state index is -0.501. The second-order valence-electron chi connectivity index (χ2n) is 4.84. The number of halogens is 1. The standard InChI is InChI=1S/C15H12ClN5O2/c16-12-3-1-2-4-13(12)21-15(23)20(18-19-21)9-10-5-7-11(8-6-10)14(17)22/h1-8H,9H2,(H2,17,22). The molecule has 0 saturated heterocycles. The van der Waals surface area contributed by atoms with Crippen LogP contribution in [0, 0.1) is 0 Å². The summed E-state index contributed by atoms with van der Waals surface area (Å²) in [7, 11) is 0. The number of nitrogens with two attached hydrogens (primary N) is 1. The van der Waals surface area contributed by atoms with Crippen LogP contribution in [0.4, 0.5) is 0 Å². The maximum absolute atomic E-state index is 12.4. The van der Waals surface area contributed by atoms with E-state index in [4.69, 9.17) is 17.3 Å². The summed E-state index contributed by atoms with van der Waals surface area (Å²) in [6.07, 6.45) is 0.